The van der Waals surface area contributed by atoms with E-state index in [1.54, 1.807) is 6.07 Å². The number of piperazine rings is 1. The fourth-order valence-electron chi connectivity index (χ4n) is 3.71. The number of halogens is 1. The van der Waals surface area contributed by atoms with E-state index >= 15 is 0 Å². The van der Waals surface area contributed by atoms with Gasteiger partial charge < -0.3 is 9.84 Å². The van der Waals surface area contributed by atoms with Crippen molar-refractivity contribution in [2.45, 2.75) is 18.8 Å². The van der Waals surface area contributed by atoms with Gasteiger partial charge in [0.15, 0.2) is 5.58 Å². The van der Waals surface area contributed by atoms with Gasteiger partial charge in [-0.15, -0.1) is 0 Å². The van der Waals surface area contributed by atoms with Gasteiger partial charge in [0, 0.05) is 56.6 Å². The molecule has 0 saturated carbocycles. The third-order valence-electron chi connectivity index (χ3n) is 5.05. The SMILES string of the molecule is Fc1ccc2c(C3CCN(CN4CCNCC4)CC3)noc2c1. The smallest absolute Gasteiger partial charge is 0.170 e. The van der Waals surface area contributed by atoms with E-state index in [0.29, 0.717) is 11.5 Å². The van der Waals surface area contributed by atoms with Gasteiger partial charge in [-0.25, -0.2) is 4.39 Å². The fraction of sp³-hybridized carbons (Fsp3) is 0.588. The molecule has 0 amide bonds. The lowest BCUT2D eigenvalue weighted by Gasteiger charge is -2.36. The normalized spacial score (nSPS) is 22.0. The zero-order valence-electron chi connectivity index (χ0n) is 13.3. The minimum Gasteiger partial charge on any atom is -0.356 e. The van der Waals surface area contributed by atoms with Gasteiger partial charge in [-0.2, -0.15) is 0 Å². The van der Waals surface area contributed by atoms with Gasteiger partial charge in [-0.1, -0.05) is 5.16 Å². The second-order valence-corrected chi connectivity index (χ2v) is 6.61. The Kier molecular flexibility index (Phi) is 4.29. The van der Waals surface area contributed by atoms with E-state index in [1.807, 2.05) is 0 Å². The monoisotopic (exact) mass is 318 g/mol. The molecule has 5 nitrogen and oxygen atoms in total. The molecule has 124 valence electrons. The van der Waals surface area contributed by atoms with Crippen molar-refractivity contribution in [2.24, 2.45) is 0 Å². The maximum atomic E-state index is 13.3. The van der Waals surface area contributed by atoms with Crippen molar-refractivity contribution in [2.75, 3.05) is 45.9 Å². The van der Waals surface area contributed by atoms with Crippen LogP contribution < -0.4 is 5.32 Å². The van der Waals surface area contributed by atoms with Crippen LogP contribution in [0.25, 0.3) is 11.0 Å². The van der Waals surface area contributed by atoms with Gasteiger partial charge in [0.1, 0.15) is 5.82 Å². The Balaban J connectivity index is 1.38. The zero-order valence-corrected chi connectivity index (χ0v) is 13.3. The standard InChI is InChI=1S/C17H23FN4O/c18-14-1-2-15-16(11-14)23-20-17(15)13-3-7-21(8-4-13)12-22-9-5-19-6-10-22/h1-2,11,13,19H,3-10,12H2. The Labute approximate surface area is 135 Å². The highest BCUT2D eigenvalue weighted by Gasteiger charge is 2.26. The maximum Gasteiger partial charge on any atom is 0.170 e. The molecule has 0 atom stereocenters. The van der Waals surface area contributed by atoms with Gasteiger partial charge in [-0.05, 0) is 25.0 Å². The third-order valence-corrected chi connectivity index (χ3v) is 5.05. The quantitative estimate of drug-likeness (QED) is 0.938. The van der Waals surface area contributed by atoms with Crippen LogP contribution in [-0.4, -0.2) is 60.9 Å². The van der Waals surface area contributed by atoms with Crippen LogP contribution in [-0.2, 0) is 0 Å². The number of hydrogen-bond acceptors (Lipinski definition) is 5. The third kappa shape index (κ3) is 3.24. The van der Waals surface area contributed by atoms with Crippen molar-refractivity contribution >= 4 is 11.0 Å². The highest BCUT2D eigenvalue weighted by atomic mass is 19.1. The molecule has 2 fully saturated rings. The summed E-state index contributed by atoms with van der Waals surface area (Å²) in [7, 11) is 0. The number of likely N-dealkylation sites (tertiary alicyclic amines) is 1. The highest BCUT2D eigenvalue weighted by Crippen LogP contribution is 2.32. The molecule has 1 aromatic carbocycles. The molecule has 1 aromatic heterocycles. The molecule has 6 heteroatoms. The predicted molar refractivity (Wildman–Crippen MR) is 86.8 cm³/mol. The van der Waals surface area contributed by atoms with E-state index in [-0.39, 0.29) is 5.82 Å². The van der Waals surface area contributed by atoms with Gasteiger partial charge in [0.2, 0.25) is 0 Å². The van der Waals surface area contributed by atoms with Crippen LogP contribution in [0.1, 0.15) is 24.5 Å². The second-order valence-electron chi connectivity index (χ2n) is 6.61. The molecule has 1 N–H and O–H groups in total. The van der Waals surface area contributed by atoms with Crippen LogP contribution in [0.2, 0.25) is 0 Å². The molecule has 4 rings (SSSR count). The predicted octanol–water partition coefficient (Wildman–Crippen LogP) is 2.01. The Hall–Kier alpha value is -1.50. The summed E-state index contributed by atoms with van der Waals surface area (Å²) >= 11 is 0. The number of benzene rings is 1. The van der Waals surface area contributed by atoms with Gasteiger partial charge in [0.05, 0.1) is 12.4 Å². The molecule has 0 radical (unpaired) electrons. The summed E-state index contributed by atoms with van der Waals surface area (Å²) in [5, 5.41) is 8.58. The van der Waals surface area contributed by atoms with Gasteiger partial charge in [-0.3, -0.25) is 9.80 Å². The van der Waals surface area contributed by atoms with Crippen molar-refractivity contribution < 1.29 is 8.91 Å². The van der Waals surface area contributed by atoms with E-state index in [1.165, 1.54) is 12.1 Å². The van der Waals surface area contributed by atoms with Crippen LogP contribution in [0, 0.1) is 5.82 Å². The van der Waals surface area contributed by atoms with E-state index in [4.69, 9.17) is 4.52 Å². The minimum atomic E-state index is -0.272. The molecule has 2 aromatic rings. The highest BCUT2D eigenvalue weighted by molar-refractivity contribution is 5.79. The van der Waals surface area contributed by atoms with Crippen molar-refractivity contribution in [3.05, 3.63) is 29.7 Å². The van der Waals surface area contributed by atoms with Crippen molar-refractivity contribution in [1.29, 1.82) is 0 Å². The summed E-state index contributed by atoms with van der Waals surface area (Å²) in [6, 6.07) is 4.71. The van der Waals surface area contributed by atoms with Crippen LogP contribution in [0.15, 0.2) is 22.7 Å². The Bertz CT molecular complexity index is 660. The Morgan fingerprint density at radius 1 is 1.13 bits per heavy atom. The molecule has 2 saturated heterocycles. The first-order valence-electron chi connectivity index (χ1n) is 8.50. The number of piperidine rings is 1. The lowest BCUT2D eigenvalue weighted by Crippen LogP contribution is -2.49. The molecule has 3 heterocycles. The average Bonchev–Trinajstić information content (AvgIpc) is 2.99. The molecule has 23 heavy (non-hydrogen) atoms. The molecule has 2 aliphatic heterocycles. The Morgan fingerprint density at radius 2 is 1.87 bits per heavy atom. The summed E-state index contributed by atoms with van der Waals surface area (Å²) in [5.41, 5.74) is 1.56. The number of hydrogen-bond donors (Lipinski definition) is 1. The summed E-state index contributed by atoms with van der Waals surface area (Å²) in [5.74, 6) is 0.145. The van der Waals surface area contributed by atoms with Crippen LogP contribution in [0.4, 0.5) is 4.39 Å². The van der Waals surface area contributed by atoms with Gasteiger partial charge in [0.25, 0.3) is 0 Å². The number of rotatable bonds is 3. The summed E-state index contributed by atoms with van der Waals surface area (Å²) in [6.45, 7) is 7.71. The molecule has 0 aliphatic carbocycles. The van der Waals surface area contributed by atoms with Crippen molar-refractivity contribution in [3.63, 3.8) is 0 Å². The van der Waals surface area contributed by atoms with Crippen molar-refractivity contribution in [3.8, 4) is 0 Å². The van der Waals surface area contributed by atoms with E-state index in [9.17, 15) is 4.39 Å². The number of nitrogens with zero attached hydrogens (tertiary/aromatic N) is 3. The van der Waals surface area contributed by atoms with Crippen molar-refractivity contribution in [1.82, 2.24) is 20.3 Å². The van der Waals surface area contributed by atoms with Crippen LogP contribution in [0.3, 0.4) is 0 Å². The maximum absolute atomic E-state index is 13.3. The average molecular weight is 318 g/mol. The Morgan fingerprint density at radius 3 is 2.65 bits per heavy atom. The van der Waals surface area contributed by atoms with E-state index in [2.05, 4.69) is 20.3 Å². The van der Waals surface area contributed by atoms with Crippen LogP contribution >= 0.6 is 0 Å². The molecule has 0 spiro atoms. The lowest BCUT2D eigenvalue weighted by molar-refractivity contribution is 0.0969. The number of nitrogens with one attached hydrogen (secondary N) is 1. The summed E-state index contributed by atoms with van der Waals surface area (Å²) in [4.78, 5) is 5.05. The molecule has 2 aliphatic rings. The first-order valence-corrected chi connectivity index (χ1v) is 8.50. The lowest BCUT2D eigenvalue weighted by atomic mass is 9.92. The van der Waals surface area contributed by atoms with E-state index < -0.39 is 0 Å². The van der Waals surface area contributed by atoms with E-state index in [0.717, 1.165) is 69.9 Å². The second kappa shape index (κ2) is 6.55. The van der Waals surface area contributed by atoms with Gasteiger partial charge >= 0.3 is 0 Å². The minimum absolute atomic E-state index is 0.272. The van der Waals surface area contributed by atoms with Crippen LogP contribution in [0.5, 0.6) is 0 Å². The summed E-state index contributed by atoms with van der Waals surface area (Å²) < 4.78 is 18.6. The summed E-state index contributed by atoms with van der Waals surface area (Å²) in [6.07, 6.45) is 2.18. The number of aromatic nitrogens is 1. The first kappa shape index (κ1) is 15.1. The first-order chi connectivity index (χ1) is 11.3. The fourth-order valence-corrected chi connectivity index (χ4v) is 3.71. The molecule has 0 unspecified atom stereocenters. The molecular formula is C17H23FN4O. The topological polar surface area (TPSA) is 44.5 Å². The zero-order chi connectivity index (χ0) is 15.6. The number of fused-ring (bicyclic) bond motifs is 1. The molecular weight excluding hydrogens is 295 g/mol. The largest absolute Gasteiger partial charge is 0.356 e. The molecule has 0 bridgehead atoms.